The standard InChI is InChI=1S/C18H23NO2S/c1-2-10-19(13-15-6-4-11-22-15)18(21)9-8-16-14(12-18)5-3-7-17(16)20/h3-7,11,20-21H,2,8-10,12-13H2,1H3/t18-/m1/s1. The first-order valence-electron chi connectivity index (χ1n) is 7.92. The van der Waals surface area contributed by atoms with Gasteiger partial charge in [0.1, 0.15) is 11.5 Å². The smallest absolute Gasteiger partial charge is 0.123 e. The maximum atomic E-state index is 11.2. The highest BCUT2D eigenvalue weighted by molar-refractivity contribution is 7.09. The van der Waals surface area contributed by atoms with E-state index >= 15 is 0 Å². The topological polar surface area (TPSA) is 43.7 Å². The Hall–Kier alpha value is -1.36. The van der Waals surface area contributed by atoms with Crippen LogP contribution in [-0.4, -0.2) is 27.4 Å². The first-order chi connectivity index (χ1) is 10.6. The molecule has 1 aliphatic rings. The van der Waals surface area contributed by atoms with Crippen LogP contribution < -0.4 is 0 Å². The van der Waals surface area contributed by atoms with Gasteiger partial charge in [-0.3, -0.25) is 4.90 Å². The molecular weight excluding hydrogens is 294 g/mol. The summed E-state index contributed by atoms with van der Waals surface area (Å²) in [5.74, 6) is 0.361. The summed E-state index contributed by atoms with van der Waals surface area (Å²) in [5.41, 5.74) is 1.25. The summed E-state index contributed by atoms with van der Waals surface area (Å²) >= 11 is 1.74. The first-order valence-corrected chi connectivity index (χ1v) is 8.80. The van der Waals surface area contributed by atoms with Crippen molar-refractivity contribution in [2.45, 2.75) is 44.9 Å². The van der Waals surface area contributed by atoms with E-state index in [0.29, 0.717) is 18.6 Å². The number of aromatic hydroxyl groups is 1. The average molecular weight is 317 g/mol. The number of thiophene rings is 1. The van der Waals surface area contributed by atoms with Crippen molar-refractivity contribution >= 4 is 11.3 Å². The summed E-state index contributed by atoms with van der Waals surface area (Å²) in [7, 11) is 0. The molecule has 2 aromatic rings. The zero-order valence-electron chi connectivity index (χ0n) is 13.0. The molecule has 0 aliphatic heterocycles. The minimum absolute atomic E-state index is 0.361. The number of aliphatic hydroxyl groups is 1. The Labute approximate surface area is 135 Å². The summed E-state index contributed by atoms with van der Waals surface area (Å²) < 4.78 is 0. The fourth-order valence-corrected chi connectivity index (χ4v) is 4.08. The second-order valence-corrected chi connectivity index (χ2v) is 7.11. The van der Waals surface area contributed by atoms with Crippen LogP contribution in [0.3, 0.4) is 0 Å². The third-order valence-corrected chi connectivity index (χ3v) is 5.37. The Kier molecular flexibility index (Phi) is 4.52. The molecule has 1 atom stereocenters. The lowest BCUT2D eigenvalue weighted by Gasteiger charge is -2.43. The molecule has 3 nitrogen and oxygen atoms in total. The highest BCUT2D eigenvalue weighted by atomic mass is 32.1. The van der Waals surface area contributed by atoms with Crippen molar-refractivity contribution in [2.75, 3.05) is 6.54 Å². The van der Waals surface area contributed by atoms with Gasteiger partial charge in [0.25, 0.3) is 0 Å². The van der Waals surface area contributed by atoms with Crippen LogP contribution >= 0.6 is 11.3 Å². The summed E-state index contributed by atoms with van der Waals surface area (Å²) in [5, 5.41) is 23.3. The average Bonchev–Trinajstić information content (AvgIpc) is 3.00. The van der Waals surface area contributed by atoms with Gasteiger partial charge in [-0.25, -0.2) is 0 Å². The van der Waals surface area contributed by atoms with Crippen molar-refractivity contribution in [1.29, 1.82) is 0 Å². The Balaban J connectivity index is 1.84. The summed E-state index contributed by atoms with van der Waals surface area (Å²) in [6.07, 6.45) is 2.99. The van der Waals surface area contributed by atoms with Gasteiger partial charge in [0.05, 0.1) is 0 Å². The molecule has 1 aromatic heterocycles. The van der Waals surface area contributed by atoms with Crippen LogP contribution in [0.25, 0.3) is 0 Å². The van der Waals surface area contributed by atoms with Crippen LogP contribution in [0.5, 0.6) is 5.75 Å². The van der Waals surface area contributed by atoms with Gasteiger partial charge in [0.2, 0.25) is 0 Å². The molecule has 0 radical (unpaired) electrons. The van der Waals surface area contributed by atoms with E-state index in [0.717, 1.165) is 37.1 Å². The van der Waals surface area contributed by atoms with E-state index in [-0.39, 0.29) is 0 Å². The van der Waals surface area contributed by atoms with Gasteiger partial charge in [-0.1, -0.05) is 25.1 Å². The predicted molar refractivity (Wildman–Crippen MR) is 90.1 cm³/mol. The lowest BCUT2D eigenvalue weighted by atomic mass is 9.84. The SMILES string of the molecule is CCCN(Cc1cccs1)[C@@]1(O)CCc2c(O)cccc2C1. The lowest BCUT2D eigenvalue weighted by molar-refractivity contribution is -0.122. The molecule has 1 aromatic carbocycles. The quantitative estimate of drug-likeness (QED) is 0.829. The normalized spacial score (nSPS) is 21.0. The van der Waals surface area contributed by atoms with Crippen LogP contribution in [0.1, 0.15) is 35.8 Å². The lowest BCUT2D eigenvalue weighted by Crippen LogP contribution is -2.52. The highest BCUT2D eigenvalue weighted by Crippen LogP contribution is 2.36. The summed E-state index contributed by atoms with van der Waals surface area (Å²) in [4.78, 5) is 3.48. The number of rotatable bonds is 5. The van der Waals surface area contributed by atoms with Gasteiger partial charge < -0.3 is 10.2 Å². The van der Waals surface area contributed by atoms with Gasteiger partial charge >= 0.3 is 0 Å². The van der Waals surface area contributed by atoms with Crippen molar-refractivity contribution in [2.24, 2.45) is 0 Å². The number of phenolic OH excluding ortho intramolecular Hbond substituents is 1. The van der Waals surface area contributed by atoms with Crippen molar-refractivity contribution in [1.82, 2.24) is 4.90 Å². The zero-order valence-corrected chi connectivity index (χ0v) is 13.8. The molecule has 22 heavy (non-hydrogen) atoms. The second-order valence-electron chi connectivity index (χ2n) is 6.07. The number of nitrogens with zero attached hydrogens (tertiary/aromatic N) is 1. The molecule has 3 rings (SSSR count). The molecule has 0 fully saturated rings. The van der Waals surface area contributed by atoms with E-state index in [1.54, 1.807) is 17.4 Å². The molecule has 0 spiro atoms. The molecule has 1 heterocycles. The molecule has 0 saturated carbocycles. The van der Waals surface area contributed by atoms with E-state index in [2.05, 4.69) is 29.3 Å². The molecule has 0 bridgehead atoms. The Morgan fingerprint density at radius 1 is 1.27 bits per heavy atom. The zero-order chi connectivity index (χ0) is 15.6. The minimum atomic E-state index is -0.819. The maximum Gasteiger partial charge on any atom is 0.123 e. The van der Waals surface area contributed by atoms with Crippen LogP contribution in [0.15, 0.2) is 35.7 Å². The maximum absolute atomic E-state index is 11.2. The van der Waals surface area contributed by atoms with Crippen LogP contribution in [0, 0.1) is 0 Å². The number of benzene rings is 1. The van der Waals surface area contributed by atoms with Gasteiger partial charge in [0.15, 0.2) is 0 Å². The van der Waals surface area contributed by atoms with Gasteiger partial charge in [0, 0.05) is 24.4 Å². The second kappa shape index (κ2) is 6.41. The molecule has 118 valence electrons. The molecule has 1 aliphatic carbocycles. The van der Waals surface area contributed by atoms with Gasteiger partial charge in [-0.05, 0) is 47.9 Å². The van der Waals surface area contributed by atoms with E-state index in [9.17, 15) is 10.2 Å². The van der Waals surface area contributed by atoms with Crippen LogP contribution in [0.4, 0.5) is 0 Å². The first kappa shape index (κ1) is 15.5. The van der Waals surface area contributed by atoms with E-state index in [1.165, 1.54) is 4.88 Å². The molecule has 0 saturated heterocycles. The van der Waals surface area contributed by atoms with Crippen LogP contribution in [0.2, 0.25) is 0 Å². The number of hydrogen-bond acceptors (Lipinski definition) is 4. The van der Waals surface area contributed by atoms with Crippen molar-refractivity contribution in [3.63, 3.8) is 0 Å². The van der Waals surface area contributed by atoms with Crippen molar-refractivity contribution in [3.05, 3.63) is 51.7 Å². The van der Waals surface area contributed by atoms with E-state index in [1.807, 2.05) is 12.1 Å². The predicted octanol–water partition coefficient (Wildman–Crippen LogP) is 3.54. The molecule has 4 heteroatoms. The summed E-state index contributed by atoms with van der Waals surface area (Å²) in [6, 6.07) is 9.80. The Morgan fingerprint density at radius 3 is 2.86 bits per heavy atom. The Bertz CT molecular complexity index is 626. The van der Waals surface area contributed by atoms with Crippen LogP contribution in [-0.2, 0) is 19.4 Å². The highest BCUT2D eigenvalue weighted by Gasteiger charge is 2.38. The summed E-state index contributed by atoms with van der Waals surface area (Å²) in [6.45, 7) is 3.81. The monoisotopic (exact) mass is 317 g/mol. The van der Waals surface area contributed by atoms with E-state index in [4.69, 9.17) is 0 Å². The molecule has 2 N–H and O–H groups in total. The third-order valence-electron chi connectivity index (χ3n) is 4.51. The van der Waals surface area contributed by atoms with Gasteiger partial charge in [-0.2, -0.15) is 0 Å². The molecule has 0 unspecified atom stereocenters. The Morgan fingerprint density at radius 2 is 2.14 bits per heavy atom. The number of phenols is 1. The number of fused-ring (bicyclic) bond motifs is 1. The largest absolute Gasteiger partial charge is 0.508 e. The fraction of sp³-hybridized carbons (Fsp3) is 0.444. The minimum Gasteiger partial charge on any atom is -0.508 e. The third kappa shape index (κ3) is 3.05. The molecule has 0 amide bonds. The van der Waals surface area contributed by atoms with Crippen molar-refractivity contribution in [3.8, 4) is 5.75 Å². The fourth-order valence-electron chi connectivity index (χ4n) is 3.36. The van der Waals surface area contributed by atoms with Gasteiger partial charge in [-0.15, -0.1) is 11.3 Å². The number of hydrogen-bond donors (Lipinski definition) is 2. The van der Waals surface area contributed by atoms with E-state index < -0.39 is 5.72 Å². The molecular formula is C18H23NO2S. The van der Waals surface area contributed by atoms with Crippen molar-refractivity contribution < 1.29 is 10.2 Å².